The van der Waals surface area contributed by atoms with Crippen LogP contribution in [-0.2, 0) is 0 Å². The van der Waals surface area contributed by atoms with E-state index in [9.17, 15) is 15.0 Å². The molecule has 1 aliphatic rings. The number of amides is 1. The fraction of sp³-hybridized carbons (Fsp3) is 0.562. The minimum absolute atomic E-state index is 0.0453. The van der Waals surface area contributed by atoms with Crippen LogP contribution in [0.25, 0.3) is 0 Å². The van der Waals surface area contributed by atoms with Crippen LogP contribution in [0.3, 0.4) is 0 Å². The Kier molecular flexibility index (Phi) is 5.44. The van der Waals surface area contributed by atoms with E-state index < -0.39 is 0 Å². The molecule has 1 aliphatic carbocycles. The van der Waals surface area contributed by atoms with E-state index in [1.807, 2.05) is 0 Å². The molecule has 0 aliphatic heterocycles. The van der Waals surface area contributed by atoms with Gasteiger partial charge in [-0.2, -0.15) is 0 Å². The normalized spacial score (nSPS) is 21.8. The van der Waals surface area contributed by atoms with E-state index in [1.54, 1.807) is 12.1 Å². The lowest BCUT2D eigenvalue weighted by atomic mass is 9.79. The minimum Gasteiger partial charge on any atom is -0.504 e. The highest BCUT2D eigenvalue weighted by atomic mass is 16.5. The van der Waals surface area contributed by atoms with Gasteiger partial charge in [-0.15, -0.1) is 0 Å². The summed E-state index contributed by atoms with van der Waals surface area (Å²) < 4.78 is 4.95. The highest BCUT2D eigenvalue weighted by Gasteiger charge is 2.24. The maximum atomic E-state index is 12.1. The molecule has 0 saturated heterocycles. The zero-order valence-electron chi connectivity index (χ0n) is 12.3. The number of nitrogens with one attached hydrogen (secondary N) is 1. The van der Waals surface area contributed by atoms with Gasteiger partial charge in [-0.1, -0.05) is 12.8 Å². The predicted octanol–water partition coefficient (Wildman–Crippen LogP) is 1.93. The molecule has 1 aromatic carbocycles. The van der Waals surface area contributed by atoms with Gasteiger partial charge < -0.3 is 20.3 Å². The standard InChI is InChI=1S/C16H23NO4/c1-21-15-7-6-11(8-14(15)19)16(20)17-9-12-4-2-3-5-13(12)10-18/h6-8,12-13,18-19H,2-5,9-10H2,1H3,(H,17,20). The van der Waals surface area contributed by atoms with Gasteiger partial charge in [0.2, 0.25) is 0 Å². The molecule has 5 nitrogen and oxygen atoms in total. The molecule has 0 radical (unpaired) electrons. The summed E-state index contributed by atoms with van der Waals surface area (Å²) in [4.78, 5) is 12.1. The average molecular weight is 293 g/mol. The van der Waals surface area contributed by atoms with Crippen LogP contribution in [0.15, 0.2) is 18.2 Å². The fourth-order valence-electron chi connectivity index (χ4n) is 2.95. The van der Waals surface area contributed by atoms with Gasteiger partial charge in [0.25, 0.3) is 5.91 Å². The van der Waals surface area contributed by atoms with Gasteiger partial charge in [0.05, 0.1) is 7.11 Å². The molecule has 0 heterocycles. The molecule has 2 rings (SSSR count). The molecule has 1 aromatic rings. The van der Waals surface area contributed by atoms with Gasteiger partial charge in [0.15, 0.2) is 11.5 Å². The molecule has 2 unspecified atom stereocenters. The summed E-state index contributed by atoms with van der Waals surface area (Å²) in [5.41, 5.74) is 0.407. The smallest absolute Gasteiger partial charge is 0.251 e. The van der Waals surface area contributed by atoms with Crippen LogP contribution in [0.5, 0.6) is 11.5 Å². The number of benzene rings is 1. The Morgan fingerprint density at radius 3 is 2.67 bits per heavy atom. The number of aliphatic hydroxyl groups excluding tert-OH is 1. The lowest BCUT2D eigenvalue weighted by molar-refractivity contribution is 0.0909. The Bertz CT molecular complexity index is 489. The number of phenols is 1. The van der Waals surface area contributed by atoms with Crippen LogP contribution in [0.4, 0.5) is 0 Å². The third-order valence-corrected chi connectivity index (χ3v) is 4.27. The number of aliphatic hydroxyl groups is 1. The second kappa shape index (κ2) is 7.31. The quantitative estimate of drug-likeness (QED) is 0.775. The van der Waals surface area contributed by atoms with Crippen molar-refractivity contribution < 1.29 is 19.7 Å². The number of carbonyl (C=O) groups excluding carboxylic acids is 1. The van der Waals surface area contributed by atoms with Gasteiger partial charge in [0, 0.05) is 18.7 Å². The Hall–Kier alpha value is -1.75. The van der Waals surface area contributed by atoms with Gasteiger partial charge in [0.1, 0.15) is 0 Å². The molecule has 21 heavy (non-hydrogen) atoms. The summed E-state index contributed by atoms with van der Waals surface area (Å²) in [6, 6.07) is 4.60. The second-order valence-electron chi connectivity index (χ2n) is 5.58. The Morgan fingerprint density at radius 1 is 1.33 bits per heavy atom. The van der Waals surface area contributed by atoms with Gasteiger partial charge in [-0.3, -0.25) is 4.79 Å². The maximum Gasteiger partial charge on any atom is 0.251 e. The largest absolute Gasteiger partial charge is 0.504 e. The van der Waals surface area contributed by atoms with E-state index in [4.69, 9.17) is 4.74 Å². The lowest BCUT2D eigenvalue weighted by Crippen LogP contribution is -2.35. The molecule has 0 spiro atoms. The number of rotatable bonds is 5. The van der Waals surface area contributed by atoms with Gasteiger partial charge >= 0.3 is 0 Å². The van der Waals surface area contributed by atoms with Crippen molar-refractivity contribution in [1.29, 1.82) is 0 Å². The fourth-order valence-corrected chi connectivity index (χ4v) is 2.95. The summed E-state index contributed by atoms with van der Waals surface area (Å²) in [6.07, 6.45) is 4.38. The summed E-state index contributed by atoms with van der Waals surface area (Å²) in [7, 11) is 1.47. The molecule has 1 fully saturated rings. The summed E-state index contributed by atoms with van der Waals surface area (Å²) in [6.45, 7) is 0.751. The third-order valence-electron chi connectivity index (χ3n) is 4.27. The molecule has 2 atom stereocenters. The first-order valence-corrected chi connectivity index (χ1v) is 7.41. The van der Waals surface area contributed by atoms with E-state index in [2.05, 4.69) is 5.32 Å². The Morgan fingerprint density at radius 2 is 2.05 bits per heavy atom. The van der Waals surface area contributed by atoms with Crippen LogP contribution in [0.1, 0.15) is 36.0 Å². The second-order valence-corrected chi connectivity index (χ2v) is 5.58. The van der Waals surface area contributed by atoms with Crippen LogP contribution < -0.4 is 10.1 Å². The first-order valence-electron chi connectivity index (χ1n) is 7.41. The zero-order valence-corrected chi connectivity index (χ0v) is 12.3. The Balaban J connectivity index is 1.93. The molecule has 3 N–H and O–H groups in total. The summed E-state index contributed by atoms with van der Waals surface area (Å²) in [5.74, 6) is 0.702. The van der Waals surface area contributed by atoms with Crippen molar-refractivity contribution in [3.63, 3.8) is 0 Å². The van der Waals surface area contributed by atoms with Gasteiger partial charge in [-0.25, -0.2) is 0 Å². The Labute approximate surface area is 124 Å². The van der Waals surface area contributed by atoms with E-state index in [0.29, 0.717) is 23.8 Å². The van der Waals surface area contributed by atoms with Crippen molar-refractivity contribution in [2.75, 3.05) is 20.3 Å². The number of hydrogen-bond acceptors (Lipinski definition) is 4. The number of hydrogen-bond donors (Lipinski definition) is 3. The van der Waals surface area contributed by atoms with Crippen molar-refractivity contribution in [3.8, 4) is 11.5 Å². The number of carbonyl (C=O) groups is 1. The average Bonchev–Trinajstić information content (AvgIpc) is 2.52. The van der Waals surface area contributed by atoms with Crippen LogP contribution >= 0.6 is 0 Å². The van der Waals surface area contributed by atoms with E-state index in [1.165, 1.54) is 13.2 Å². The minimum atomic E-state index is -0.213. The molecular weight excluding hydrogens is 270 g/mol. The zero-order chi connectivity index (χ0) is 15.2. The molecule has 5 heteroatoms. The van der Waals surface area contributed by atoms with Crippen molar-refractivity contribution in [1.82, 2.24) is 5.32 Å². The lowest BCUT2D eigenvalue weighted by Gasteiger charge is -2.30. The molecule has 1 amide bonds. The van der Waals surface area contributed by atoms with Gasteiger partial charge in [-0.05, 0) is 42.9 Å². The van der Waals surface area contributed by atoms with Crippen LogP contribution in [-0.4, -0.2) is 36.4 Å². The molecule has 116 valence electrons. The third kappa shape index (κ3) is 3.88. The first kappa shape index (κ1) is 15.6. The van der Waals surface area contributed by atoms with Crippen molar-refractivity contribution in [3.05, 3.63) is 23.8 Å². The number of phenolic OH excluding ortho intramolecular Hbond substituents is 1. The number of methoxy groups -OCH3 is 1. The molecule has 0 bridgehead atoms. The SMILES string of the molecule is COc1ccc(C(=O)NCC2CCCCC2CO)cc1O. The topological polar surface area (TPSA) is 78.8 Å². The monoisotopic (exact) mass is 293 g/mol. The maximum absolute atomic E-state index is 12.1. The van der Waals surface area contributed by atoms with Crippen LogP contribution in [0.2, 0.25) is 0 Å². The summed E-state index contributed by atoms with van der Waals surface area (Å²) in [5, 5.41) is 22.0. The summed E-state index contributed by atoms with van der Waals surface area (Å²) >= 11 is 0. The molecule has 0 aromatic heterocycles. The molecular formula is C16H23NO4. The van der Waals surface area contributed by atoms with E-state index in [0.717, 1.165) is 25.7 Å². The van der Waals surface area contributed by atoms with Crippen molar-refractivity contribution >= 4 is 5.91 Å². The highest BCUT2D eigenvalue weighted by Crippen LogP contribution is 2.29. The van der Waals surface area contributed by atoms with Crippen molar-refractivity contribution in [2.24, 2.45) is 11.8 Å². The van der Waals surface area contributed by atoms with E-state index >= 15 is 0 Å². The number of ether oxygens (including phenoxy) is 1. The highest BCUT2D eigenvalue weighted by molar-refractivity contribution is 5.94. The molecule has 1 saturated carbocycles. The van der Waals surface area contributed by atoms with E-state index in [-0.39, 0.29) is 24.2 Å². The van der Waals surface area contributed by atoms with Crippen LogP contribution in [0, 0.1) is 11.8 Å². The van der Waals surface area contributed by atoms with Crippen molar-refractivity contribution in [2.45, 2.75) is 25.7 Å². The predicted molar refractivity (Wildman–Crippen MR) is 79.5 cm³/mol. The number of aromatic hydroxyl groups is 1. The first-order chi connectivity index (χ1) is 10.2.